The van der Waals surface area contributed by atoms with Crippen LogP contribution in [-0.4, -0.2) is 29.8 Å². The van der Waals surface area contributed by atoms with E-state index in [-0.39, 0.29) is 18.3 Å². The number of rotatable bonds is 6. The van der Waals surface area contributed by atoms with Crippen LogP contribution < -0.4 is 0 Å². The SMILES string of the molecule is Cc1ccc([S@+]([O-])N=C[C@@H](C)[C@H](C)OC2CCCCO2)cc1. The van der Waals surface area contributed by atoms with Crippen molar-refractivity contribution in [3.05, 3.63) is 29.8 Å². The minimum atomic E-state index is -1.35. The Kier molecular flexibility index (Phi) is 6.89. The Hall–Kier alpha value is -0.880. The molecule has 0 spiro atoms. The molecule has 1 aliphatic rings. The van der Waals surface area contributed by atoms with E-state index in [1.807, 2.05) is 45.0 Å². The molecule has 5 heteroatoms. The molecule has 1 heterocycles. The van der Waals surface area contributed by atoms with E-state index in [1.54, 1.807) is 6.21 Å². The average Bonchev–Trinajstić information content (AvgIpc) is 2.53. The van der Waals surface area contributed by atoms with Crippen LogP contribution in [-0.2, 0) is 20.8 Å². The molecule has 0 radical (unpaired) electrons. The minimum Gasteiger partial charge on any atom is -0.586 e. The standard InChI is InChI=1S/C17H25NO3S/c1-13-7-9-16(10-8-13)22(19)18-12-14(2)15(3)21-17-6-4-5-11-20-17/h7-10,12,14-15,17H,4-6,11H2,1-3H3/t14-,15+,17?,22+/m1/s1. The second kappa shape index (κ2) is 8.67. The van der Waals surface area contributed by atoms with E-state index in [4.69, 9.17) is 9.47 Å². The van der Waals surface area contributed by atoms with Gasteiger partial charge in [0.1, 0.15) is 11.4 Å². The molecule has 1 fully saturated rings. The smallest absolute Gasteiger partial charge is 0.182 e. The van der Waals surface area contributed by atoms with E-state index in [9.17, 15) is 4.55 Å². The van der Waals surface area contributed by atoms with Crippen molar-refractivity contribution in [1.82, 2.24) is 0 Å². The molecule has 1 aromatic rings. The molecule has 0 aromatic heterocycles. The van der Waals surface area contributed by atoms with Crippen LogP contribution >= 0.6 is 0 Å². The van der Waals surface area contributed by atoms with Gasteiger partial charge in [0.05, 0.1) is 12.3 Å². The van der Waals surface area contributed by atoms with Gasteiger partial charge in [-0.2, -0.15) is 0 Å². The third-order valence-electron chi connectivity index (χ3n) is 3.86. The predicted molar refractivity (Wildman–Crippen MR) is 89.4 cm³/mol. The van der Waals surface area contributed by atoms with Crippen LogP contribution in [0.25, 0.3) is 0 Å². The molecule has 122 valence electrons. The molecule has 22 heavy (non-hydrogen) atoms. The zero-order chi connectivity index (χ0) is 15.9. The molecule has 0 amide bonds. The van der Waals surface area contributed by atoms with Crippen LogP contribution in [0.15, 0.2) is 33.6 Å². The molecule has 0 N–H and O–H groups in total. The van der Waals surface area contributed by atoms with Crippen LogP contribution in [0.5, 0.6) is 0 Å². The van der Waals surface area contributed by atoms with Crippen molar-refractivity contribution in [2.45, 2.75) is 57.3 Å². The summed E-state index contributed by atoms with van der Waals surface area (Å²) in [6.07, 6.45) is 4.81. The lowest BCUT2D eigenvalue weighted by Crippen LogP contribution is -2.30. The molecule has 0 aliphatic carbocycles. The summed E-state index contributed by atoms with van der Waals surface area (Å²) in [7, 11) is 0. The summed E-state index contributed by atoms with van der Waals surface area (Å²) in [5, 5.41) is 0. The van der Waals surface area contributed by atoms with Crippen molar-refractivity contribution in [2.75, 3.05) is 6.61 Å². The van der Waals surface area contributed by atoms with E-state index < -0.39 is 11.4 Å². The van der Waals surface area contributed by atoms with Crippen molar-refractivity contribution in [3.8, 4) is 0 Å². The van der Waals surface area contributed by atoms with Gasteiger partial charge in [0, 0.05) is 12.5 Å². The summed E-state index contributed by atoms with van der Waals surface area (Å²) in [5.41, 5.74) is 1.15. The van der Waals surface area contributed by atoms with Gasteiger partial charge in [-0.25, -0.2) is 0 Å². The van der Waals surface area contributed by atoms with Crippen LogP contribution in [0.3, 0.4) is 0 Å². The molecule has 1 aromatic carbocycles. The predicted octanol–water partition coefficient (Wildman–Crippen LogP) is 3.66. The van der Waals surface area contributed by atoms with Crippen molar-refractivity contribution in [3.63, 3.8) is 0 Å². The zero-order valence-corrected chi connectivity index (χ0v) is 14.3. The van der Waals surface area contributed by atoms with Crippen LogP contribution in [0, 0.1) is 12.8 Å². The van der Waals surface area contributed by atoms with E-state index in [1.165, 1.54) is 0 Å². The zero-order valence-electron chi connectivity index (χ0n) is 13.5. The number of nitrogens with zero attached hydrogens (tertiary/aromatic N) is 1. The minimum absolute atomic E-state index is 0.0122. The second-order valence-corrected chi connectivity index (χ2v) is 6.99. The van der Waals surface area contributed by atoms with E-state index in [2.05, 4.69) is 4.40 Å². The molecule has 4 nitrogen and oxygen atoms in total. The van der Waals surface area contributed by atoms with Crippen molar-refractivity contribution in [1.29, 1.82) is 0 Å². The largest absolute Gasteiger partial charge is 0.586 e. The fourth-order valence-electron chi connectivity index (χ4n) is 2.17. The molecular formula is C17H25NO3S. The van der Waals surface area contributed by atoms with Gasteiger partial charge in [-0.1, -0.05) is 29.0 Å². The van der Waals surface area contributed by atoms with Gasteiger partial charge in [0.15, 0.2) is 11.2 Å². The lowest BCUT2D eigenvalue weighted by atomic mass is 10.1. The maximum Gasteiger partial charge on any atom is 0.182 e. The molecule has 1 unspecified atom stereocenters. The molecule has 2 rings (SSSR count). The van der Waals surface area contributed by atoms with Gasteiger partial charge < -0.3 is 14.0 Å². The highest BCUT2D eigenvalue weighted by Gasteiger charge is 2.21. The Morgan fingerprint density at radius 3 is 2.68 bits per heavy atom. The van der Waals surface area contributed by atoms with Crippen LogP contribution in [0.2, 0.25) is 0 Å². The summed E-state index contributed by atoms with van der Waals surface area (Å²) >= 11 is -1.35. The maximum absolute atomic E-state index is 12.1. The molecule has 0 bridgehead atoms. The third kappa shape index (κ3) is 5.39. The molecule has 1 saturated heterocycles. The topological polar surface area (TPSA) is 53.9 Å². The van der Waals surface area contributed by atoms with Gasteiger partial charge in [-0.05, 0) is 45.2 Å². The van der Waals surface area contributed by atoms with Gasteiger partial charge in [0.25, 0.3) is 0 Å². The Morgan fingerprint density at radius 1 is 1.32 bits per heavy atom. The summed E-state index contributed by atoms with van der Waals surface area (Å²) in [5.74, 6) is 0.0833. The van der Waals surface area contributed by atoms with Crippen LogP contribution in [0.1, 0.15) is 38.7 Å². The van der Waals surface area contributed by atoms with E-state index in [0.717, 1.165) is 36.3 Å². The summed E-state index contributed by atoms with van der Waals surface area (Å²) in [6.45, 7) is 6.80. The number of hydrogen-bond acceptors (Lipinski definition) is 4. The highest BCUT2D eigenvalue weighted by Crippen LogP contribution is 2.18. The van der Waals surface area contributed by atoms with E-state index >= 15 is 0 Å². The highest BCUT2D eigenvalue weighted by atomic mass is 32.2. The number of benzene rings is 1. The fourth-order valence-corrected chi connectivity index (χ4v) is 2.96. The third-order valence-corrected chi connectivity index (χ3v) is 4.85. The monoisotopic (exact) mass is 323 g/mol. The molecule has 4 atom stereocenters. The first-order chi connectivity index (χ1) is 10.6. The highest BCUT2D eigenvalue weighted by molar-refractivity contribution is 7.90. The first kappa shape index (κ1) is 17.5. The van der Waals surface area contributed by atoms with Crippen LogP contribution in [0.4, 0.5) is 0 Å². The Morgan fingerprint density at radius 2 is 2.05 bits per heavy atom. The summed E-state index contributed by atoms with van der Waals surface area (Å²) < 4.78 is 27.8. The van der Waals surface area contributed by atoms with Gasteiger partial charge in [0.2, 0.25) is 0 Å². The van der Waals surface area contributed by atoms with E-state index in [0.29, 0.717) is 0 Å². The summed E-state index contributed by atoms with van der Waals surface area (Å²) in [4.78, 5) is 0.721. The number of hydrogen-bond donors (Lipinski definition) is 0. The average molecular weight is 323 g/mol. The van der Waals surface area contributed by atoms with Gasteiger partial charge >= 0.3 is 0 Å². The molecular weight excluding hydrogens is 298 g/mol. The second-order valence-electron chi connectivity index (χ2n) is 5.81. The van der Waals surface area contributed by atoms with Crippen molar-refractivity contribution < 1.29 is 14.0 Å². The first-order valence-corrected chi connectivity index (χ1v) is 8.97. The molecule has 1 aliphatic heterocycles. The summed E-state index contributed by atoms with van der Waals surface area (Å²) in [6, 6.07) is 7.59. The number of ether oxygens (including phenoxy) is 2. The molecule has 0 saturated carbocycles. The first-order valence-electron chi connectivity index (χ1n) is 7.86. The van der Waals surface area contributed by atoms with Crippen molar-refractivity contribution in [2.24, 2.45) is 10.3 Å². The Labute approximate surface area is 136 Å². The Balaban J connectivity index is 1.83. The lowest BCUT2D eigenvalue weighted by Gasteiger charge is -2.27. The normalized spacial score (nSPS) is 23.4. The Bertz CT molecular complexity index is 471. The quantitative estimate of drug-likeness (QED) is 0.593. The van der Waals surface area contributed by atoms with Gasteiger partial charge in [-0.3, -0.25) is 0 Å². The van der Waals surface area contributed by atoms with Crippen molar-refractivity contribution >= 4 is 17.6 Å². The maximum atomic E-state index is 12.1. The number of aryl methyl sites for hydroxylation is 1. The lowest BCUT2D eigenvalue weighted by molar-refractivity contribution is -0.188. The fraction of sp³-hybridized carbons (Fsp3) is 0.588. The van der Waals surface area contributed by atoms with Gasteiger partial charge in [-0.15, -0.1) is 0 Å².